The average molecular weight is 326 g/mol. The maximum atomic E-state index is 12.7. The highest BCUT2D eigenvalue weighted by Gasteiger charge is 2.43. The maximum Gasteiger partial charge on any atom is 0.295 e. The normalized spacial score (nSPS) is 17.7. The summed E-state index contributed by atoms with van der Waals surface area (Å²) in [6.07, 6.45) is 0. The number of aryl methyl sites for hydroxylation is 2. The quantitative estimate of drug-likeness (QED) is 0.856. The Bertz CT molecular complexity index is 741. The molecule has 2 aromatic carbocycles. The van der Waals surface area contributed by atoms with Crippen LogP contribution in [-0.4, -0.2) is 23.6 Å². The molecule has 1 atom stereocenters. The first kappa shape index (κ1) is 15.6. The molecule has 1 aliphatic heterocycles. The van der Waals surface area contributed by atoms with E-state index in [0.717, 1.165) is 28.6 Å². The number of nitrogens with zero attached hydrogens (tertiary/aromatic N) is 2. The molecule has 0 spiro atoms. The van der Waals surface area contributed by atoms with Crippen molar-refractivity contribution in [1.82, 2.24) is 0 Å². The van der Waals surface area contributed by atoms with Gasteiger partial charge in [0.2, 0.25) is 0 Å². The van der Waals surface area contributed by atoms with Gasteiger partial charge in [-0.1, -0.05) is 35.4 Å². The van der Waals surface area contributed by atoms with Gasteiger partial charge in [0, 0.05) is 12.7 Å². The van der Waals surface area contributed by atoms with Crippen LogP contribution in [0.5, 0.6) is 0 Å². The zero-order chi connectivity index (χ0) is 16.6. The number of likely N-dealkylation sites (N-methyl/N-ethyl adjacent to an activating group) is 1. The molecular formula is C18H18N2O2S. The minimum absolute atomic E-state index is 0.202. The predicted molar refractivity (Wildman–Crippen MR) is 95.0 cm³/mol. The molecule has 0 aliphatic carbocycles. The van der Waals surface area contributed by atoms with E-state index in [4.69, 9.17) is 0 Å². The molecule has 1 fully saturated rings. The molecule has 0 radical (unpaired) electrons. The van der Waals surface area contributed by atoms with Crippen molar-refractivity contribution in [2.75, 3.05) is 16.8 Å². The van der Waals surface area contributed by atoms with E-state index in [1.807, 2.05) is 62.2 Å². The second-order valence-electron chi connectivity index (χ2n) is 5.69. The summed E-state index contributed by atoms with van der Waals surface area (Å²) < 4.78 is 0. The van der Waals surface area contributed by atoms with Crippen molar-refractivity contribution < 1.29 is 9.59 Å². The highest BCUT2D eigenvalue weighted by molar-refractivity contribution is 8.16. The highest BCUT2D eigenvalue weighted by Crippen LogP contribution is 2.35. The fourth-order valence-corrected chi connectivity index (χ4v) is 3.46. The van der Waals surface area contributed by atoms with Crippen molar-refractivity contribution in [2.45, 2.75) is 19.2 Å². The number of imide groups is 1. The van der Waals surface area contributed by atoms with Crippen LogP contribution in [-0.2, 0) is 4.79 Å². The minimum atomic E-state index is -0.536. The molecule has 3 rings (SSSR count). The van der Waals surface area contributed by atoms with Gasteiger partial charge in [-0.15, -0.1) is 0 Å². The number of hydrogen-bond acceptors (Lipinski definition) is 4. The average Bonchev–Trinajstić information content (AvgIpc) is 2.83. The lowest BCUT2D eigenvalue weighted by Gasteiger charge is -2.24. The minimum Gasteiger partial charge on any atom is -0.354 e. The smallest absolute Gasteiger partial charge is 0.295 e. The van der Waals surface area contributed by atoms with Gasteiger partial charge in [0.1, 0.15) is 0 Å². The second-order valence-corrected chi connectivity index (χ2v) is 6.72. The van der Waals surface area contributed by atoms with Crippen molar-refractivity contribution >= 4 is 34.3 Å². The van der Waals surface area contributed by atoms with E-state index in [9.17, 15) is 9.59 Å². The van der Waals surface area contributed by atoms with Crippen molar-refractivity contribution in [3.05, 3.63) is 59.7 Å². The van der Waals surface area contributed by atoms with E-state index in [1.54, 1.807) is 12.1 Å². The van der Waals surface area contributed by atoms with Gasteiger partial charge < -0.3 is 4.90 Å². The predicted octanol–water partition coefficient (Wildman–Crippen LogP) is 3.97. The van der Waals surface area contributed by atoms with Gasteiger partial charge in [0.15, 0.2) is 5.37 Å². The molecule has 0 N–H and O–H groups in total. The van der Waals surface area contributed by atoms with E-state index in [0.29, 0.717) is 5.69 Å². The summed E-state index contributed by atoms with van der Waals surface area (Å²) in [5, 5.41) is -0.769. The van der Waals surface area contributed by atoms with Crippen molar-refractivity contribution in [3.63, 3.8) is 0 Å². The Morgan fingerprint density at radius 2 is 1.43 bits per heavy atom. The topological polar surface area (TPSA) is 40.6 Å². The number of benzene rings is 2. The molecule has 2 amide bonds. The van der Waals surface area contributed by atoms with E-state index >= 15 is 0 Å². The number of hydrogen-bond donors (Lipinski definition) is 0. The van der Waals surface area contributed by atoms with Gasteiger partial charge >= 0.3 is 0 Å². The van der Waals surface area contributed by atoms with Crippen LogP contribution in [0.2, 0.25) is 0 Å². The van der Waals surface area contributed by atoms with Gasteiger partial charge in [-0.3, -0.25) is 9.59 Å². The summed E-state index contributed by atoms with van der Waals surface area (Å²) in [5.74, 6) is -0.202. The standard InChI is InChI=1S/C18H18N2O2S/c1-12-4-8-14(9-5-12)19(3)17-16(21)20(18(22)23-17)15-10-6-13(2)7-11-15/h4-11,17H,1-3H3. The van der Waals surface area contributed by atoms with E-state index in [2.05, 4.69) is 0 Å². The van der Waals surface area contributed by atoms with Crippen LogP contribution < -0.4 is 9.80 Å². The molecule has 23 heavy (non-hydrogen) atoms. The third-order valence-corrected chi connectivity index (χ3v) is 5.04. The van der Waals surface area contributed by atoms with Crippen molar-refractivity contribution in [1.29, 1.82) is 0 Å². The fraction of sp³-hybridized carbons (Fsp3) is 0.222. The largest absolute Gasteiger partial charge is 0.354 e. The zero-order valence-electron chi connectivity index (χ0n) is 13.3. The third kappa shape index (κ3) is 2.97. The van der Waals surface area contributed by atoms with Crippen LogP contribution in [0, 0.1) is 13.8 Å². The third-order valence-electron chi connectivity index (χ3n) is 3.91. The van der Waals surface area contributed by atoms with Crippen LogP contribution in [0.1, 0.15) is 11.1 Å². The first-order valence-electron chi connectivity index (χ1n) is 7.38. The molecule has 4 nitrogen and oxygen atoms in total. The molecule has 0 bridgehead atoms. The summed E-state index contributed by atoms with van der Waals surface area (Å²) in [7, 11) is 1.84. The molecule has 1 saturated heterocycles. The Labute approximate surface area is 140 Å². The zero-order valence-corrected chi connectivity index (χ0v) is 14.1. The molecule has 1 heterocycles. The van der Waals surface area contributed by atoms with Crippen LogP contribution in [0.4, 0.5) is 16.2 Å². The first-order chi connectivity index (χ1) is 11.0. The van der Waals surface area contributed by atoms with Crippen LogP contribution in [0.3, 0.4) is 0 Å². The molecule has 0 saturated carbocycles. The van der Waals surface area contributed by atoms with E-state index in [1.165, 1.54) is 4.90 Å². The lowest BCUT2D eigenvalue weighted by molar-refractivity contribution is -0.116. The highest BCUT2D eigenvalue weighted by atomic mass is 32.2. The van der Waals surface area contributed by atoms with Gasteiger partial charge in [0.05, 0.1) is 5.69 Å². The van der Waals surface area contributed by atoms with Crippen LogP contribution in [0.15, 0.2) is 48.5 Å². The Hall–Kier alpha value is -2.27. The summed E-state index contributed by atoms with van der Waals surface area (Å²) in [6, 6.07) is 15.3. The Morgan fingerprint density at radius 1 is 0.913 bits per heavy atom. The summed E-state index contributed by atoms with van der Waals surface area (Å²) in [6.45, 7) is 3.99. The molecule has 0 aromatic heterocycles. The van der Waals surface area contributed by atoms with Crippen LogP contribution >= 0.6 is 11.8 Å². The lowest BCUT2D eigenvalue weighted by Crippen LogP contribution is -2.39. The molecule has 118 valence electrons. The van der Waals surface area contributed by atoms with Gasteiger partial charge in [-0.25, -0.2) is 4.90 Å². The lowest BCUT2D eigenvalue weighted by atomic mass is 10.2. The van der Waals surface area contributed by atoms with Crippen LogP contribution in [0.25, 0.3) is 0 Å². The molecule has 1 aliphatic rings. The van der Waals surface area contributed by atoms with Gasteiger partial charge in [-0.05, 0) is 49.9 Å². The van der Waals surface area contributed by atoms with E-state index < -0.39 is 5.37 Å². The monoisotopic (exact) mass is 326 g/mol. The number of thioether (sulfide) groups is 1. The van der Waals surface area contributed by atoms with Gasteiger partial charge in [0.25, 0.3) is 11.1 Å². The maximum absolute atomic E-state index is 12.7. The summed E-state index contributed by atoms with van der Waals surface area (Å²) in [5.41, 5.74) is 3.79. The summed E-state index contributed by atoms with van der Waals surface area (Å²) in [4.78, 5) is 28.1. The number of anilines is 2. The molecule has 2 aromatic rings. The molecule has 5 heteroatoms. The Morgan fingerprint density at radius 3 is 2.00 bits per heavy atom. The SMILES string of the molecule is Cc1ccc(N2C(=O)SC(N(C)c3ccc(C)cc3)C2=O)cc1. The van der Waals surface area contributed by atoms with Crippen molar-refractivity contribution in [2.24, 2.45) is 0 Å². The Kier molecular flexibility index (Phi) is 4.13. The molecular weight excluding hydrogens is 308 g/mol. The number of amides is 2. The van der Waals surface area contributed by atoms with Crippen molar-refractivity contribution in [3.8, 4) is 0 Å². The Balaban J connectivity index is 1.85. The number of carbonyl (C=O) groups excluding carboxylic acids is 2. The van der Waals surface area contributed by atoms with E-state index in [-0.39, 0.29) is 11.1 Å². The second kappa shape index (κ2) is 6.08. The summed E-state index contributed by atoms with van der Waals surface area (Å²) >= 11 is 1.05. The first-order valence-corrected chi connectivity index (χ1v) is 8.26. The molecule has 1 unspecified atom stereocenters. The number of carbonyl (C=O) groups is 2. The van der Waals surface area contributed by atoms with Gasteiger partial charge in [-0.2, -0.15) is 0 Å². The number of rotatable bonds is 3. The fourth-order valence-electron chi connectivity index (χ4n) is 2.49.